The van der Waals surface area contributed by atoms with E-state index in [0.717, 1.165) is 11.3 Å². The van der Waals surface area contributed by atoms with Crippen molar-refractivity contribution < 1.29 is 19.1 Å². The highest BCUT2D eigenvalue weighted by Gasteiger charge is 2.32. The second-order valence-corrected chi connectivity index (χ2v) is 4.08. The van der Waals surface area contributed by atoms with Gasteiger partial charge in [0.15, 0.2) is 6.10 Å². The lowest BCUT2D eigenvalue weighted by atomic mass is 10.2. The van der Waals surface area contributed by atoms with Gasteiger partial charge in [-0.15, -0.1) is 0 Å². The van der Waals surface area contributed by atoms with Crippen molar-refractivity contribution in [3.63, 3.8) is 0 Å². The van der Waals surface area contributed by atoms with E-state index in [9.17, 15) is 9.59 Å². The van der Waals surface area contributed by atoms with Crippen LogP contribution >= 0.6 is 0 Å². The highest BCUT2D eigenvalue weighted by molar-refractivity contribution is 5.89. The summed E-state index contributed by atoms with van der Waals surface area (Å²) in [5.41, 5.74) is 6.72. The van der Waals surface area contributed by atoms with Crippen molar-refractivity contribution >= 4 is 17.9 Å². The number of anilines is 1. The summed E-state index contributed by atoms with van der Waals surface area (Å²) < 4.78 is 9.68. The zero-order valence-corrected chi connectivity index (χ0v) is 9.96. The zero-order valence-electron chi connectivity index (χ0n) is 9.96. The lowest BCUT2D eigenvalue weighted by molar-refractivity contribution is 0.0779. The molecule has 0 bridgehead atoms. The molecule has 0 aromatic heterocycles. The maximum Gasteiger partial charge on any atom is 0.414 e. The van der Waals surface area contributed by atoms with Gasteiger partial charge in [0.2, 0.25) is 0 Å². The number of carbonyl (C=O) groups excluding carboxylic acids is 2. The number of hydrogen-bond donors (Lipinski definition) is 1. The van der Waals surface area contributed by atoms with Crippen molar-refractivity contribution in [2.45, 2.75) is 13.0 Å². The van der Waals surface area contributed by atoms with Gasteiger partial charge in [0, 0.05) is 5.69 Å². The maximum atomic E-state index is 11.6. The predicted octanol–water partition coefficient (Wildman–Crippen LogP) is 1.42. The second kappa shape index (κ2) is 4.95. The highest BCUT2D eigenvalue weighted by Crippen LogP contribution is 2.21. The van der Waals surface area contributed by atoms with Gasteiger partial charge in [0.25, 0.3) is 0 Å². The Hall–Kier alpha value is -2.24. The van der Waals surface area contributed by atoms with Gasteiger partial charge in [-0.2, -0.15) is 0 Å². The molecule has 18 heavy (non-hydrogen) atoms. The quantitative estimate of drug-likeness (QED) is 0.879. The van der Waals surface area contributed by atoms with Gasteiger partial charge in [-0.25, -0.2) is 9.59 Å². The van der Waals surface area contributed by atoms with Crippen molar-refractivity contribution in [1.82, 2.24) is 0 Å². The van der Waals surface area contributed by atoms with Gasteiger partial charge in [-0.05, 0) is 19.1 Å². The normalized spacial score (nSPS) is 18.6. The molecule has 2 rings (SSSR count). The van der Waals surface area contributed by atoms with Crippen LogP contribution in [-0.2, 0) is 9.47 Å². The zero-order chi connectivity index (χ0) is 13.1. The summed E-state index contributed by atoms with van der Waals surface area (Å²) in [7, 11) is 0. The van der Waals surface area contributed by atoms with Crippen molar-refractivity contribution in [1.29, 1.82) is 0 Å². The molecule has 0 aliphatic carbocycles. The fourth-order valence-corrected chi connectivity index (χ4v) is 1.72. The molecule has 0 saturated carbocycles. The molecule has 1 fully saturated rings. The number of hydrogen-bond acceptors (Lipinski definition) is 4. The van der Waals surface area contributed by atoms with Gasteiger partial charge in [-0.3, -0.25) is 4.90 Å². The number of nitrogens with zero attached hydrogens (tertiary/aromatic N) is 1. The fraction of sp³-hybridized carbons (Fsp3) is 0.333. The van der Waals surface area contributed by atoms with Crippen molar-refractivity contribution in [3.8, 4) is 0 Å². The molecular weight excluding hydrogens is 236 g/mol. The van der Waals surface area contributed by atoms with E-state index >= 15 is 0 Å². The van der Waals surface area contributed by atoms with Crippen LogP contribution in [0.2, 0.25) is 0 Å². The molecule has 1 aromatic carbocycles. The first-order valence-electron chi connectivity index (χ1n) is 5.53. The third-order valence-electron chi connectivity index (χ3n) is 2.63. The molecule has 1 unspecified atom stereocenters. The van der Waals surface area contributed by atoms with Gasteiger partial charge >= 0.3 is 12.2 Å². The maximum absolute atomic E-state index is 11.6. The van der Waals surface area contributed by atoms with E-state index in [1.807, 2.05) is 31.2 Å². The number of aryl methyl sites for hydroxylation is 1. The first-order valence-corrected chi connectivity index (χ1v) is 5.53. The lowest BCUT2D eigenvalue weighted by Crippen LogP contribution is -2.27. The van der Waals surface area contributed by atoms with Gasteiger partial charge in [0.05, 0.1) is 6.54 Å². The van der Waals surface area contributed by atoms with Crippen LogP contribution in [0.1, 0.15) is 5.56 Å². The van der Waals surface area contributed by atoms with Crippen LogP contribution in [0.25, 0.3) is 0 Å². The Morgan fingerprint density at radius 1 is 1.50 bits per heavy atom. The van der Waals surface area contributed by atoms with Crippen LogP contribution in [0.15, 0.2) is 24.3 Å². The van der Waals surface area contributed by atoms with Gasteiger partial charge in [-0.1, -0.05) is 17.7 Å². The Morgan fingerprint density at radius 2 is 2.17 bits per heavy atom. The molecule has 96 valence electrons. The first-order chi connectivity index (χ1) is 8.56. The van der Waals surface area contributed by atoms with Gasteiger partial charge in [0.1, 0.15) is 6.61 Å². The Kier molecular flexibility index (Phi) is 3.36. The van der Waals surface area contributed by atoms with Gasteiger partial charge < -0.3 is 15.2 Å². The number of benzene rings is 1. The van der Waals surface area contributed by atoms with Crippen LogP contribution in [0, 0.1) is 6.92 Å². The molecule has 2 amide bonds. The minimum absolute atomic E-state index is 0.0244. The SMILES string of the molecule is Cc1ccc(N2CC(COC(N)=O)OC2=O)cc1. The van der Waals surface area contributed by atoms with Crippen molar-refractivity contribution in [2.24, 2.45) is 5.73 Å². The number of cyclic esters (lactones) is 1. The summed E-state index contributed by atoms with van der Waals surface area (Å²) in [4.78, 5) is 23.6. The Morgan fingerprint density at radius 3 is 2.78 bits per heavy atom. The van der Waals surface area contributed by atoms with E-state index in [1.54, 1.807) is 0 Å². The van der Waals surface area contributed by atoms with E-state index in [2.05, 4.69) is 4.74 Å². The summed E-state index contributed by atoms with van der Waals surface area (Å²) >= 11 is 0. The Labute approximate surface area is 104 Å². The molecule has 1 heterocycles. The summed E-state index contributed by atoms with van der Waals surface area (Å²) in [6, 6.07) is 7.51. The van der Waals surface area contributed by atoms with Crippen LogP contribution in [-0.4, -0.2) is 31.4 Å². The second-order valence-electron chi connectivity index (χ2n) is 4.08. The largest absolute Gasteiger partial charge is 0.446 e. The van der Waals surface area contributed by atoms with E-state index in [1.165, 1.54) is 4.90 Å². The Balaban J connectivity index is 2.00. The predicted molar refractivity (Wildman–Crippen MR) is 64.3 cm³/mol. The molecule has 1 aliphatic heterocycles. The summed E-state index contributed by atoms with van der Waals surface area (Å²) in [5, 5.41) is 0. The summed E-state index contributed by atoms with van der Waals surface area (Å²) in [6.45, 7) is 2.29. The average molecular weight is 250 g/mol. The minimum Gasteiger partial charge on any atom is -0.446 e. The van der Waals surface area contributed by atoms with Crippen LogP contribution in [0.5, 0.6) is 0 Å². The molecular formula is C12H14N2O4. The summed E-state index contributed by atoms with van der Waals surface area (Å²) in [5.74, 6) is 0. The molecule has 1 aliphatic rings. The van der Waals surface area contributed by atoms with Crippen molar-refractivity contribution in [3.05, 3.63) is 29.8 Å². The fourth-order valence-electron chi connectivity index (χ4n) is 1.72. The van der Waals surface area contributed by atoms with E-state index in [4.69, 9.17) is 10.5 Å². The topological polar surface area (TPSA) is 81.9 Å². The number of primary amides is 1. The van der Waals surface area contributed by atoms with Crippen molar-refractivity contribution in [2.75, 3.05) is 18.1 Å². The molecule has 1 atom stereocenters. The molecule has 1 aromatic rings. The molecule has 6 nitrogen and oxygen atoms in total. The average Bonchev–Trinajstić information content (AvgIpc) is 2.69. The number of carbonyl (C=O) groups is 2. The first kappa shape index (κ1) is 12.2. The smallest absolute Gasteiger partial charge is 0.414 e. The number of ether oxygens (including phenoxy) is 2. The third kappa shape index (κ3) is 2.71. The number of amides is 2. The molecule has 1 saturated heterocycles. The highest BCUT2D eigenvalue weighted by atomic mass is 16.6. The molecule has 6 heteroatoms. The standard InChI is InChI=1S/C12H14N2O4/c1-8-2-4-9(5-3-8)14-6-10(18-12(14)16)7-17-11(13)15/h2-5,10H,6-7H2,1H3,(H2,13,15). The van der Waals surface area contributed by atoms with E-state index in [-0.39, 0.29) is 6.61 Å². The minimum atomic E-state index is -0.875. The summed E-state index contributed by atoms with van der Waals surface area (Å²) in [6.07, 6.45) is -1.80. The van der Waals surface area contributed by atoms with E-state index < -0.39 is 18.3 Å². The van der Waals surface area contributed by atoms with Crippen LogP contribution < -0.4 is 10.6 Å². The number of rotatable bonds is 3. The molecule has 0 radical (unpaired) electrons. The third-order valence-corrected chi connectivity index (χ3v) is 2.63. The monoisotopic (exact) mass is 250 g/mol. The number of nitrogens with two attached hydrogens (primary N) is 1. The van der Waals surface area contributed by atoms with Crippen LogP contribution in [0.4, 0.5) is 15.3 Å². The van der Waals surface area contributed by atoms with Crippen LogP contribution in [0.3, 0.4) is 0 Å². The lowest BCUT2D eigenvalue weighted by Gasteiger charge is -2.12. The molecule has 2 N–H and O–H groups in total. The Bertz CT molecular complexity index is 458. The van der Waals surface area contributed by atoms with E-state index in [0.29, 0.717) is 6.54 Å². The molecule has 0 spiro atoms.